The lowest BCUT2D eigenvalue weighted by Crippen LogP contribution is -1.86. The Balaban J connectivity index is 2.94. The molecule has 2 nitrogen and oxygen atoms in total. The summed E-state index contributed by atoms with van der Waals surface area (Å²) < 4.78 is 1.12. The summed E-state index contributed by atoms with van der Waals surface area (Å²) in [5.74, 6) is 0.249. The molecule has 0 spiro atoms. The van der Waals surface area contributed by atoms with Crippen molar-refractivity contribution in [1.29, 1.82) is 0 Å². The average Bonchev–Trinajstić information content (AvgIpc) is 2.07. The van der Waals surface area contributed by atoms with E-state index in [0.717, 1.165) is 14.7 Å². The number of halogens is 1. The van der Waals surface area contributed by atoms with Crippen molar-refractivity contribution in [1.82, 2.24) is 4.98 Å². The Labute approximate surface area is 89.8 Å². The molecule has 1 N–H and O–H groups in total. The van der Waals surface area contributed by atoms with Crippen LogP contribution < -0.4 is 0 Å². The summed E-state index contributed by atoms with van der Waals surface area (Å²) in [7, 11) is 0. The van der Waals surface area contributed by atoms with Crippen molar-refractivity contribution in [2.24, 2.45) is 0 Å². The fourth-order valence-corrected chi connectivity index (χ4v) is 2.20. The molecule has 0 radical (unpaired) electrons. The van der Waals surface area contributed by atoms with Gasteiger partial charge in [0, 0.05) is 14.7 Å². The van der Waals surface area contributed by atoms with E-state index in [1.807, 2.05) is 25.1 Å². The van der Waals surface area contributed by atoms with Crippen molar-refractivity contribution in [2.75, 3.05) is 0 Å². The molecule has 0 saturated carbocycles. The van der Waals surface area contributed by atoms with Crippen LogP contribution in [0.5, 0.6) is 5.75 Å². The Morgan fingerprint density at radius 3 is 2.92 bits per heavy atom. The number of fused-ring (bicyclic) bond motifs is 1. The van der Waals surface area contributed by atoms with Crippen molar-refractivity contribution in [2.45, 2.75) is 6.92 Å². The maximum Gasteiger partial charge on any atom is 0.141 e. The third-order valence-electron chi connectivity index (χ3n) is 1.90. The van der Waals surface area contributed by atoms with Gasteiger partial charge >= 0.3 is 0 Å². The molecule has 1 aromatic heterocycles. The van der Waals surface area contributed by atoms with E-state index in [2.05, 4.69) is 27.6 Å². The number of aromatic nitrogens is 1. The van der Waals surface area contributed by atoms with Crippen LogP contribution in [-0.4, -0.2) is 10.1 Å². The number of phenols is 1. The van der Waals surface area contributed by atoms with E-state index >= 15 is 0 Å². The van der Waals surface area contributed by atoms with Gasteiger partial charge < -0.3 is 5.11 Å². The summed E-state index contributed by atoms with van der Waals surface area (Å²) in [4.78, 5) is 4.28. The van der Waals surface area contributed by atoms with E-state index in [0.29, 0.717) is 5.52 Å². The molecule has 0 aliphatic carbocycles. The van der Waals surface area contributed by atoms with Crippen molar-refractivity contribution in [3.05, 3.63) is 33.5 Å². The zero-order valence-corrected chi connectivity index (χ0v) is 9.24. The fraction of sp³-hybridized carbons (Fsp3) is 0.100. The van der Waals surface area contributed by atoms with Gasteiger partial charge in [0.25, 0.3) is 0 Å². The number of benzene rings is 1. The summed E-state index contributed by atoms with van der Waals surface area (Å²) in [6, 6.07) is 7.45. The zero-order valence-electron chi connectivity index (χ0n) is 7.08. The quantitative estimate of drug-likeness (QED) is 0.755. The fourth-order valence-electron chi connectivity index (χ4n) is 1.31. The van der Waals surface area contributed by atoms with E-state index in [4.69, 9.17) is 0 Å². The zero-order chi connectivity index (χ0) is 9.42. The lowest BCUT2D eigenvalue weighted by molar-refractivity contribution is 0.480. The van der Waals surface area contributed by atoms with Crippen molar-refractivity contribution in [3.8, 4) is 5.75 Å². The number of rotatable bonds is 0. The third kappa shape index (κ3) is 1.48. The predicted octanol–water partition coefficient (Wildman–Crippen LogP) is 2.85. The topological polar surface area (TPSA) is 33.1 Å². The van der Waals surface area contributed by atoms with E-state index in [1.54, 1.807) is 6.07 Å². The molecule has 66 valence electrons. The summed E-state index contributed by atoms with van der Waals surface area (Å²) in [5, 5.41) is 10.6. The first-order valence-electron chi connectivity index (χ1n) is 3.93. The summed E-state index contributed by atoms with van der Waals surface area (Å²) in [6.07, 6.45) is 0. The maximum absolute atomic E-state index is 9.55. The highest BCUT2D eigenvalue weighted by atomic mass is 127. The smallest absolute Gasteiger partial charge is 0.141 e. The monoisotopic (exact) mass is 285 g/mol. The highest BCUT2D eigenvalue weighted by Crippen LogP contribution is 2.26. The molecule has 0 aliphatic rings. The number of hydrogen-bond acceptors (Lipinski definition) is 2. The van der Waals surface area contributed by atoms with E-state index in [1.165, 1.54) is 0 Å². The van der Waals surface area contributed by atoms with Gasteiger partial charge in [0.15, 0.2) is 0 Å². The molecule has 0 bridgehead atoms. The van der Waals surface area contributed by atoms with Crippen LogP contribution in [-0.2, 0) is 0 Å². The maximum atomic E-state index is 9.55. The van der Waals surface area contributed by atoms with Crippen LogP contribution in [0.2, 0.25) is 0 Å². The SMILES string of the molecule is Cc1cc(I)c2cccc(O)c2n1. The van der Waals surface area contributed by atoms with Gasteiger partial charge in [-0.1, -0.05) is 12.1 Å². The second kappa shape index (κ2) is 3.14. The Kier molecular flexibility index (Phi) is 2.11. The predicted molar refractivity (Wildman–Crippen MR) is 60.9 cm³/mol. The number of phenolic OH excluding ortho intramolecular Hbond substituents is 1. The number of aromatic hydroxyl groups is 1. The molecule has 2 rings (SSSR count). The van der Waals surface area contributed by atoms with Crippen molar-refractivity contribution >= 4 is 33.5 Å². The molecular formula is C10H8INO. The minimum atomic E-state index is 0.249. The second-order valence-corrected chi connectivity index (χ2v) is 4.08. The average molecular weight is 285 g/mol. The van der Waals surface area contributed by atoms with Gasteiger partial charge in [-0.2, -0.15) is 0 Å². The van der Waals surface area contributed by atoms with Crippen LogP contribution in [0.4, 0.5) is 0 Å². The number of pyridine rings is 1. The summed E-state index contributed by atoms with van der Waals surface area (Å²) in [6.45, 7) is 1.92. The van der Waals surface area contributed by atoms with Crippen LogP contribution in [0.1, 0.15) is 5.69 Å². The van der Waals surface area contributed by atoms with Crippen LogP contribution in [0.3, 0.4) is 0 Å². The van der Waals surface area contributed by atoms with Gasteiger partial charge in [-0.15, -0.1) is 0 Å². The summed E-state index contributed by atoms with van der Waals surface area (Å²) in [5.41, 5.74) is 1.62. The first-order valence-corrected chi connectivity index (χ1v) is 5.01. The van der Waals surface area contributed by atoms with Crippen LogP contribution >= 0.6 is 22.6 Å². The minimum Gasteiger partial charge on any atom is -0.506 e. The van der Waals surface area contributed by atoms with E-state index in [9.17, 15) is 5.11 Å². The molecule has 0 aliphatic heterocycles. The van der Waals surface area contributed by atoms with Crippen LogP contribution in [0, 0.1) is 10.5 Å². The standard InChI is InChI=1S/C10H8INO/c1-6-5-8(11)7-3-2-4-9(13)10(7)12-6/h2-5,13H,1H3. The van der Waals surface area contributed by atoms with Crippen LogP contribution in [0.25, 0.3) is 10.9 Å². The lowest BCUT2D eigenvalue weighted by atomic mass is 10.2. The molecular weight excluding hydrogens is 277 g/mol. The molecule has 0 fully saturated rings. The van der Waals surface area contributed by atoms with Gasteiger partial charge in [-0.05, 0) is 41.6 Å². The molecule has 0 atom stereocenters. The van der Waals surface area contributed by atoms with Gasteiger partial charge in [-0.3, -0.25) is 0 Å². The molecule has 0 unspecified atom stereocenters. The van der Waals surface area contributed by atoms with Crippen LogP contribution in [0.15, 0.2) is 24.3 Å². The first kappa shape index (κ1) is 8.74. The highest BCUT2D eigenvalue weighted by molar-refractivity contribution is 14.1. The van der Waals surface area contributed by atoms with E-state index < -0.39 is 0 Å². The molecule has 0 saturated heterocycles. The van der Waals surface area contributed by atoms with Gasteiger partial charge in [0.1, 0.15) is 11.3 Å². The first-order chi connectivity index (χ1) is 6.18. The van der Waals surface area contributed by atoms with Gasteiger partial charge in [0.05, 0.1) is 0 Å². The Morgan fingerprint density at radius 1 is 1.38 bits per heavy atom. The minimum absolute atomic E-state index is 0.249. The normalized spacial score (nSPS) is 10.6. The summed E-state index contributed by atoms with van der Waals surface area (Å²) >= 11 is 2.25. The Bertz CT molecular complexity index is 468. The van der Waals surface area contributed by atoms with Gasteiger partial charge in [0.2, 0.25) is 0 Å². The molecule has 1 aromatic carbocycles. The molecule has 2 aromatic rings. The van der Waals surface area contributed by atoms with E-state index in [-0.39, 0.29) is 5.75 Å². The second-order valence-electron chi connectivity index (χ2n) is 2.92. The highest BCUT2D eigenvalue weighted by Gasteiger charge is 2.04. The Morgan fingerprint density at radius 2 is 2.15 bits per heavy atom. The third-order valence-corrected chi connectivity index (χ3v) is 2.79. The number of nitrogens with zero attached hydrogens (tertiary/aromatic N) is 1. The molecule has 13 heavy (non-hydrogen) atoms. The van der Waals surface area contributed by atoms with Crippen molar-refractivity contribution in [3.63, 3.8) is 0 Å². The van der Waals surface area contributed by atoms with Crippen molar-refractivity contribution < 1.29 is 5.11 Å². The number of aryl methyl sites for hydroxylation is 1. The molecule has 3 heteroatoms. The van der Waals surface area contributed by atoms with Gasteiger partial charge in [-0.25, -0.2) is 4.98 Å². The lowest BCUT2D eigenvalue weighted by Gasteiger charge is -2.03. The Hall–Kier alpha value is -0.840. The molecule has 0 amide bonds. The molecule has 1 heterocycles. The number of para-hydroxylation sites is 1. The largest absolute Gasteiger partial charge is 0.506 e. The number of hydrogen-bond donors (Lipinski definition) is 1.